The first kappa shape index (κ1) is 48.3. The van der Waals surface area contributed by atoms with Crippen LogP contribution in [0.4, 0.5) is 52.7 Å². The van der Waals surface area contributed by atoms with Crippen LogP contribution in [0.3, 0.4) is 0 Å². The average molecular weight is 975 g/mol. The van der Waals surface area contributed by atoms with E-state index in [0.29, 0.717) is 11.1 Å². The summed E-state index contributed by atoms with van der Waals surface area (Å²) in [5, 5.41) is 3.03. The second-order valence-corrected chi connectivity index (χ2v) is 10.3. The minimum Gasteiger partial charge on any atom is -1.00 e. The van der Waals surface area contributed by atoms with Crippen LogP contribution >= 0.6 is 0 Å². The van der Waals surface area contributed by atoms with Crippen molar-refractivity contribution in [3.63, 3.8) is 0 Å². The second-order valence-electron chi connectivity index (χ2n) is 10.3. The van der Waals surface area contributed by atoms with Gasteiger partial charge in [0.25, 0.3) is 0 Å². The van der Waals surface area contributed by atoms with Gasteiger partial charge in [0.1, 0.15) is 0 Å². The van der Waals surface area contributed by atoms with Gasteiger partial charge in [-0.2, -0.15) is 52.7 Å². The number of hydrogen-bond donors (Lipinski definition) is 0. The number of rotatable bonds is 2. The Morgan fingerprint density at radius 3 is 0.843 bits per heavy atom. The molecule has 0 nitrogen and oxygen atoms in total. The maximum Gasteiger partial charge on any atom is 4.00 e. The summed E-state index contributed by atoms with van der Waals surface area (Å²) in [6.45, 7) is 0. The van der Waals surface area contributed by atoms with Gasteiger partial charge >= 0.3 is 50.5 Å². The molecular weight excluding hydrogens is 957 g/mol. The Morgan fingerprint density at radius 2 is 0.608 bits per heavy atom. The summed E-state index contributed by atoms with van der Waals surface area (Å²) in [5.41, 5.74) is -4.82. The molecule has 0 saturated carbocycles. The van der Waals surface area contributed by atoms with Crippen LogP contribution in [0.1, 0.15) is 22.3 Å². The van der Waals surface area contributed by atoms with Gasteiger partial charge in [-0.15, -0.1) is 69.1 Å². The summed E-state index contributed by atoms with van der Waals surface area (Å²) in [4.78, 5) is 0. The Morgan fingerprint density at radius 1 is 0.353 bits per heavy atom. The summed E-state index contributed by atoms with van der Waals surface area (Å²) in [6, 6.07) is 23.5. The molecule has 0 saturated heterocycles. The molecule has 17 heteroatoms. The summed E-state index contributed by atoms with van der Waals surface area (Å²) in [5.74, 6) is 0. The van der Waals surface area contributed by atoms with Crippen LogP contribution in [0, 0.1) is 0 Å². The summed E-state index contributed by atoms with van der Waals surface area (Å²) in [7, 11) is 0. The van der Waals surface area contributed by atoms with E-state index in [0.717, 1.165) is 45.8 Å². The predicted molar refractivity (Wildman–Crippen MR) is 150 cm³/mol. The van der Waals surface area contributed by atoms with Gasteiger partial charge in [0.05, 0.1) is 0 Å². The van der Waals surface area contributed by atoms with Crippen LogP contribution in [-0.2, 0) is 50.5 Å². The van der Waals surface area contributed by atoms with Crippen LogP contribution < -0.4 is 49.6 Å². The van der Waals surface area contributed by atoms with E-state index < -0.39 is 47.0 Å². The van der Waals surface area contributed by atoms with Crippen molar-refractivity contribution in [1.82, 2.24) is 0 Å². The van der Waals surface area contributed by atoms with Crippen molar-refractivity contribution in [2.75, 3.05) is 0 Å². The Labute approximate surface area is 326 Å². The minimum atomic E-state index is -4.85. The molecule has 0 N–H and O–H groups in total. The molecule has 0 fully saturated rings. The zero-order valence-electron chi connectivity index (χ0n) is 24.9. The fraction of sp³-hybridized carbons (Fsp3) is 0.118. The number of halogens is 16. The molecule has 0 aromatic heterocycles. The smallest absolute Gasteiger partial charge is 1.00 e. The van der Waals surface area contributed by atoms with Gasteiger partial charge in [-0.1, -0.05) is 71.8 Å². The third kappa shape index (κ3) is 11.6. The zero-order valence-corrected chi connectivity index (χ0v) is 31.6. The van der Waals surface area contributed by atoms with E-state index in [2.05, 4.69) is 0 Å². The van der Waals surface area contributed by atoms with Crippen molar-refractivity contribution in [3.8, 4) is 22.3 Å². The summed E-state index contributed by atoms with van der Waals surface area (Å²) in [6.07, 6.45) is -19.4. The largest absolute Gasteiger partial charge is 4.00 e. The number of alkyl halides is 12. The van der Waals surface area contributed by atoms with E-state index in [-0.39, 0.29) is 98.7 Å². The van der Waals surface area contributed by atoms with Crippen molar-refractivity contribution in [2.45, 2.75) is 24.7 Å². The molecule has 0 heterocycles. The van der Waals surface area contributed by atoms with Gasteiger partial charge in [-0.3, -0.25) is 0 Å². The van der Waals surface area contributed by atoms with Crippen LogP contribution in [0.5, 0.6) is 0 Å². The molecular formula is C34H18Cl4F12Hf-2. The molecule has 0 amide bonds. The molecule has 0 bridgehead atoms. The van der Waals surface area contributed by atoms with Crippen molar-refractivity contribution < 1.29 is 128 Å². The minimum absolute atomic E-state index is 0. The van der Waals surface area contributed by atoms with Gasteiger partial charge in [0.2, 0.25) is 0 Å². The molecule has 0 aliphatic carbocycles. The first-order valence-electron chi connectivity index (χ1n) is 13.2. The standard InChI is InChI=1S/2C17H9F6.4ClH.Hf/c2*18-16(19,20)14-7-13(8-15(9-14)17(21,22)23)12-5-10-3-1-2-4-11(10)6-12;;;;;/h2*1-9H;4*1H;/q2*-1;;;;;+4/p-4. The molecule has 6 rings (SSSR count). The zero-order chi connectivity index (χ0) is 33.7. The predicted octanol–water partition coefficient (Wildman–Crippen LogP) is 0.540. The molecule has 0 aliphatic rings. The fourth-order valence-corrected chi connectivity index (χ4v) is 4.88. The van der Waals surface area contributed by atoms with Crippen molar-refractivity contribution >= 4 is 21.5 Å². The van der Waals surface area contributed by atoms with E-state index >= 15 is 0 Å². The van der Waals surface area contributed by atoms with Gasteiger partial charge in [-0.05, 0) is 12.1 Å². The van der Waals surface area contributed by atoms with Crippen LogP contribution in [0.15, 0.2) is 109 Å². The summed E-state index contributed by atoms with van der Waals surface area (Å²) < 4.78 is 155. The SMILES string of the molecule is FC(F)(F)c1cc(-c2cc3ccccc3[cH-]2)cc(C(F)(F)F)c1.FC(F)(F)c1cc(-c2cc3ccccc3[cH-]2)cc(C(F)(F)F)c1.[Cl-].[Cl-].[Cl-].[Cl-].[Hf+4]. The van der Waals surface area contributed by atoms with E-state index in [1.165, 1.54) is 0 Å². The van der Waals surface area contributed by atoms with Gasteiger partial charge in [0.15, 0.2) is 0 Å². The van der Waals surface area contributed by atoms with Gasteiger partial charge < -0.3 is 49.6 Å². The molecule has 0 radical (unpaired) electrons. The molecule has 0 unspecified atom stereocenters. The first-order valence-corrected chi connectivity index (χ1v) is 13.2. The second kappa shape index (κ2) is 17.9. The first-order chi connectivity index (χ1) is 21.3. The number of hydrogen-bond acceptors (Lipinski definition) is 0. The van der Waals surface area contributed by atoms with E-state index in [4.69, 9.17) is 0 Å². The Balaban J connectivity index is 0.000000893. The van der Waals surface area contributed by atoms with Crippen molar-refractivity contribution in [2.24, 2.45) is 0 Å². The Hall–Kier alpha value is -2.71. The third-order valence-electron chi connectivity index (χ3n) is 7.08. The van der Waals surface area contributed by atoms with Crippen molar-refractivity contribution in [3.05, 3.63) is 131 Å². The molecule has 6 aromatic rings. The molecule has 0 atom stereocenters. The van der Waals surface area contributed by atoms with Gasteiger partial charge in [-0.25, -0.2) is 0 Å². The van der Waals surface area contributed by atoms with Crippen molar-refractivity contribution in [1.29, 1.82) is 0 Å². The average Bonchev–Trinajstić information content (AvgIpc) is 3.60. The maximum atomic E-state index is 12.9. The monoisotopic (exact) mass is 974 g/mol. The maximum absolute atomic E-state index is 12.9. The molecule has 272 valence electrons. The number of fused-ring (bicyclic) bond motifs is 2. The molecule has 6 aromatic carbocycles. The van der Waals surface area contributed by atoms with Gasteiger partial charge in [0, 0.05) is 22.3 Å². The van der Waals surface area contributed by atoms with Crippen LogP contribution in [0.2, 0.25) is 0 Å². The normalized spacial score (nSPS) is 11.5. The Kier molecular flexibility index (Phi) is 16.9. The molecule has 51 heavy (non-hydrogen) atoms. The quantitative estimate of drug-likeness (QED) is 0.135. The fourth-order valence-electron chi connectivity index (χ4n) is 4.88. The Bertz CT molecular complexity index is 1740. The third-order valence-corrected chi connectivity index (χ3v) is 7.08. The van der Waals surface area contributed by atoms with E-state index in [1.54, 1.807) is 72.8 Å². The van der Waals surface area contributed by atoms with E-state index in [9.17, 15) is 52.7 Å². The van der Waals surface area contributed by atoms with Crippen LogP contribution in [0.25, 0.3) is 43.8 Å². The summed E-state index contributed by atoms with van der Waals surface area (Å²) >= 11 is 0. The number of benzene rings is 4. The molecule has 0 spiro atoms. The molecule has 0 aliphatic heterocycles. The van der Waals surface area contributed by atoms with Crippen LogP contribution in [-0.4, -0.2) is 0 Å². The van der Waals surface area contributed by atoms with E-state index in [1.807, 2.05) is 0 Å². The topological polar surface area (TPSA) is 0 Å².